The topological polar surface area (TPSA) is 0 Å². The molecular weight excluding hydrogens is 384 g/mol. The van der Waals surface area contributed by atoms with Gasteiger partial charge in [0.2, 0.25) is 0 Å². The van der Waals surface area contributed by atoms with Gasteiger partial charge in [0, 0.05) is 10.9 Å². The van der Waals surface area contributed by atoms with Gasteiger partial charge in [-0.2, -0.15) is 0 Å². The minimum atomic E-state index is -0.401. The van der Waals surface area contributed by atoms with Gasteiger partial charge >= 0.3 is 0 Å². The zero-order valence-electron chi connectivity index (χ0n) is 16.3. The lowest BCUT2D eigenvalue weighted by Crippen LogP contribution is -2.28. The first-order chi connectivity index (χ1) is 14.8. The quantitative estimate of drug-likeness (QED) is 0.276. The Kier molecular flexibility index (Phi) is 3.84. The Labute approximate surface area is 181 Å². The van der Waals surface area contributed by atoms with Crippen molar-refractivity contribution in [2.45, 2.75) is 5.41 Å². The van der Waals surface area contributed by atoms with Crippen molar-refractivity contribution in [3.63, 3.8) is 0 Å². The first-order valence-electron chi connectivity index (χ1n) is 10.2. The van der Waals surface area contributed by atoms with Gasteiger partial charge in [0.15, 0.2) is 0 Å². The molecule has 0 amide bonds. The third-order valence-corrected chi connectivity index (χ3v) is 6.80. The fourth-order valence-corrected chi connectivity index (χ4v) is 5.58. The van der Waals surface area contributed by atoms with E-state index in [-0.39, 0.29) is 0 Å². The molecule has 142 valence electrons. The molecule has 0 saturated heterocycles. The molecular formula is C29H19Cl. The summed E-state index contributed by atoms with van der Waals surface area (Å²) in [5, 5.41) is 3.11. The van der Waals surface area contributed by atoms with E-state index in [2.05, 4.69) is 115 Å². The zero-order chi connectivity index (χ0) is 20.1. The molecule has 1 heteroatoms. The van der Waals surface area contributed by atoms with Crippen LogP contribution in [-0.2, 0) is 5.41 Å². The van der Waals surface area contributed by atoms with Crippen LogP contribution in [0.1, 0.15) is 22.3 Å². The van der Waals surface area contributed by atoms with Crippen LogP contribution < -0.4 is 0 Å². The van der Waals surface area contributed by atoms with E-state index in [4.69, 9.17) is 11.6 Å². The molecule has 1 aliphatic carbocycles. The molecule has 0 bridgehead atoms. The van der Waals surface area contributed by atoms with Crippen LogP contribution in [0.15, 0.2) is 115 Å². The summed E-state index contributed by atoms with van der Waals surface area (Å²) in [5.74, 6) is 0. The molecule has 0 heterocycles. The summed E-state index contributed by atoms with van der Waals surface area (Å²) in [6.07, 6.45) is 0. The van der Waals surface area contributed by atoms with E-state index in [1.165, 1.54) is 33.2 Å². The second-order valence-electron chi connectivity index (χ2n) is 7.86. The van der Waals surface area contributed by atoms with Crippen molar-refractivity contribution in [2.75, 3.05) is 0 Å². The first kappa shape index (κ1) is 17.5. The Balaban J connectivity index is 1.86. The highest BCUT2D eigenvalue weighted by Gasteiger charge is 2.46. The Morgan fingerprint density at radius 1 is 0.533 bits per heavy atom. The van der Waals surface area contributed by atoms with Crippen LogP contribution in [0, 0.1) is 0 Å². The van der Waals surface area contributed by atoms with Crippen molar-refractivity contribution in [3.8, 4) is 11.1 Å². The van der Waals surface area contributed by atoms with E-state index in [1.807, 2.05) is 0 Å². The summed E-state index contributed by atoms with van der Waals surface area (Å²) < 4.78 is 0. The zero-order valence-corrected chi connectivity index (χ0v) is 17.1. The van der Waals surface area contributed by atoms with Gasteiger partial charge in [0.05, 0.1) is 10.4 Å². The summed E-state index contributed by atoms with van der Waals surface area (Å²) in [6.45, 7) is 0. The van der Waals surface area contributed by atoms with Crippen molar-refractivity contribution >= 4 is 22.4 Å². The first-order valence-corrected chi connectivity index (χ1v) is 10.6. The van der Waals surface area contributed by atoms with Gasteiger partial charge in [-0.1, -0.05) is 121 Å². The minimum Gasteiger partial charge on any atom is -0.0830 e. The van der Waals surface area contributed by atoms with Crippen LogP contribution in [-0.4, -0.2) is 0 Å². The van der Waals surface area contributed by atoms with Crippen molar-refractivity contribution < 1.29 is 0 Å². The highest BCUT2D eigenvalue weighted by Crippen LogP contribution is 2.58. The molecule has 0 aliphatic heterocycles. The lowest BCUT2D eigenvalue weighted by molar-refractivity contribution is 0.769. The second-order valence-corrected chi connectivity index (χ2v) is 8.24. The molecule has 0 nitrogen and oxygen atoms in total. The number of fused-ring (bicyclic) bond motifs is 4. The third kappa shape index (κ3) is 2.23. The normalized spacial score (nSPS) is 13.8. The average Bonchev–Trinajstić information content (AvgIpc) is 3.11. The summed E-state index contributed by atoms with van der Waals surface area (Å²) >= 11 is 7.12. The molecule has 0 saturated carbocycles. The van der Waals surface area contributed by atoms with Crippen LogP contribution in [0.4, 0.5) is 0 Å². The van der Waals surface area contributed by atoms with Crippen LogP contribution in [0.5, 0.6) is 0 Å². The standard InChI is InChI=1S/C29H19Cl/c30-28-23-16-8-7-11-20(23)19-26-27(28)24-17-9-10-18-25(24)29(26,21-12-3-1-4-13-21)22-14-5-2-6-15-22/h1-19H. The Bertz CT molecular complexity index is 1350. The lowest BCUT2D eigenvalue weighted by atomic mass is 9.67. The number of hydrogen-bond acceptors (Lipinski definition) is 0. The fraction of sp³-hybridized carbons (Fsp3) is 0.0345. The molecule has 0 N–H and O–H groups in total. The molecule has 30 heavy (non-hydrogen) atoms. The van der Waals surface area contributed by atoms with Gasteiger partial charge in [-0.25, -0.2) is 0 Å². The van der Waals surface area contributed by atoms with Gasteiger partial charge in [-0.15, -0.1) is 0 Å². The molecule has 0 spiro atoms. The van der Waals surface area contributed by atoms with Crippen LogP contribution in [0.3, 0.4) is 0 Å². The Morgan fingerprint density at radius 2 is 1.10 bits per heavy atom. The molecule has 0 fully saturated rings. The fourth-order valence-electron chi connectivity index (χ4n) is 5.20. The molecule has 1 aliphatic rings. The average molecular weight is 403 g/mol. The molecule has 0 atom stereocenters. The molecule has 0 aromatic heterocycles. The highest BCUT2D eigenvalue weighted by atomic mass is 35.5. The van der Waals surface area contributed by atoms with E-state index < -0.39 is 5.41 Å². The maximum Gasteiger partial charge on any atom is 0.0714 e. The van der Waals surface area contributed by atoms with Crippen molar-refractivity contribution in [1.29, 1.82) is 0 Å². The number of halogens is 1. The summed E-state index contributed by atoms with van der Waals surface area (Å²) in [5.41, 5.74) is 7.03. The van der Waals surface area contributed by atoms with E-state index in [1.54, 1.807) is 0 Å². The van der Waals surface area contributed by atoms with Crippen molar-refractivity contribution in [1.82, 2.24) is 0 Å². The molecule has 5 aromatic carbocycles. The summed E-state index contributed by atoms with van der Waals surface area (Å²) in [6, 6.07) is 41.1. The monoisotopic (exact) mass is 402 g/mol. The molecule has 0 unspecified atom stereocenters. The van der Waals surface area contributed by atoms with E-state index in [0.29, 0.717) is 0 Å². The number of hydrogen-bond donors (Lipinski definition) is 0. The van der Waals surface area contributed by atoms with E-state index in [9.17, 15) is 0 Å². The lowest BCUT2D eigenvalue weighted by Gasteiger charge is -2.34. The van der Waals surface area contributed by atoms with Gasteiger partial charge in [0.25, 0.3) is 0 Å². The van der Waals surface area contributed by atoms with E-state index in [0.717, 1.165) is 16.0 Å². The van der Waals surface area contributed by atoms with Gasteiger partial charge in [-0.05, 0) is 39.3 Å². The predicted octanol–water partition coefficient (Wildman–Crippen LogP) is 7.86. The second kappa shape index (κ2) is 6.58. The number of benzene rings is 5. The smallest absolute Gasteiger partial charge is 0.0714 e. The van der Waals surface area contributed by atoms with Crippen molar-refractivity contribution in [2.24, 2.45) is 0 Å². The third-order valence-electron chi connectivity index (χ3n) is 6.40. The summed E-state index contributed by atoms with van der Waals surface area (Å²) in [4.78, 5) is 0. The largest absolute Gasteiger partial charge is 0.0830 e. The van der Waals surface area contributed by atoms with Gasteiger partial charge in [0.1, 0.15) is 0 Å². The molecule has 5 aromatic rings. The minimum absolute atomic E-state index is 0.401. The van der Waals surface area contributed by atoms with Crippen molar-refractivity contribution in [3.05, 3.63) is 143 Å². The Morgan fingerprint density at radius 3 is 1.80 bits per heavy atom. The maximum atomic E-state index is 7.12. The van der Waals surface area contributed by atoms with Crippen LogP contribution >= 0.6 is 11.6 Å². The van der Waals surface area contributed by atoms with Crippen LogP contribution in [0.25, 0.3) is 21.9 Å². The van der Waals surface area contributed by atoms with Crippen LogP contribution in [0.2, 0.25) is 5.02 Å². The van der Waals surface area contributed by atoms with Gasteiger partial charge < -0.3 is 0 Å². The number of rotatable bonds is 2. The predicted molar refractivity (Wildman–Crippen MR) is 126 cm³/mol. The SMILES string of the molecule is Clc1c2c(cc3ccccc13)C(c1ccccc1)(c1ccccc1)c1ccccc1-2. The Hall–Kier alpha value is -3.35. The summed E-state index contributed by atoms with van der Waals surface area (Å²) in [7, 11) is 0. The maximum absolute atomic E-state index is 7.12. The molecule has 0 radical (unpaired) electrons. The van der Waals surface area contributed by atoms with E-state index >= 15 is 0 Å². The molecule has 6 rings (SSSR count). The van der Waals surface area contributed by atoms with Gasteiger partial charge in [-0.3, -0.25) is 0 Å². The highest BCUT2D eigenvalue weighted by molar-refractivity contribution is 6.39.